The normalized spacial score (nSPS) is 16.6. The third-order valence-corrected chi connectivity index (χ3v) is 6.28. The van der Waals surface area contributed by atoms with E-state index in [1.807, 2.05) is 6.92 Å². The molecule has 1 aliphatic rings. The second-order valence-corrected chi connectivity index (χ2v) is 8.81. The Bertz CT molecular complexity index is 1070. The molecule has 2 aromatic carbocycles. The number of nitrogens with one attached hydrogen (secondary N) is 1. The molecule has 0 aromatic heterocycles. The van der Waals surface area contributed by atoms with Gasteiger partial charge in [-0.1, -0.05) is 11.6 Å². The van der Waals surface area contributed by atoms with Crippen molar-refractivity contribution in [3.63, 3.8) is 0 Å². The molecule has 166 valence electrons. The number of amides is 2. The fraction of sp³-hybridized carbons (Fsp3) is 0.300. The molecule has 1 heterocycles. The summed E-state index contributed by atoms with van der Waals surface area (Å²) >= 11 is 6.17. The summed E-state index contributed by atoms with van der Waals surface area (Å²) in [4.78, 5) is 25.5. The molecule has 0 saturated carbocycles. The fourth-order valence-corrected chi connectivity index (χ4v) is 4.29. The number of rotatable bonds is 7. The maximum Gasteiger partial charge on any atom is 0.261 e. The van der Waals surface area contributed by atoms with Crippen LogP contribution in [0.15, 0.2) is 47.4 Å². The fourth-order valence-electron chi connectivity index (χ4n) is 3.01. The van der Waals surface area contributed by atoms with Crippen LogP contribution in [0.1, 0.15) is 17.3 Å². The van der Waals surface area contributed by atoms with E-state index in [2.05, 4.69) is 4.72 Å². The van der Waals surface area contributed by atoms with Crippen molar-refractivity contribution in [2.45, 2.75) is 17.9 Å². The predicted molar refractivity (Wildman–Crippen MR) is 115 cm³/mol. The number of primary amides is 1. The van der Waals surface area contributed by atoms with Crippen molar-refractivity contribution >= 4 is 39.1 Å². The Kier molecular flexibility index (Phi) is 7.04. The molecule has 9 nitrogen and oxygen atoms in total. The topological polar surface area (TPSA) is 128 Å². The lowest BCUT2D eigenvalue weighted by atomic mass is 10.1. The van der Waals surface area contributed by atoms with E-state index in [1.54, 1.807) is 24.3 Å². The van der Waals surface area contributed by atoms with Crippen molar-refractivity contribution in [3.8, 4) is 5.75 Å². The van der Waals surface area contributed by atoms with Crippen molar-refractivity contribution in [2.75, 3.05) is 31.0 Å². The molecule has 0 spiro atoms. The van der Waals surface area contributed by atoms with Crippen LogP contribution in [0.2, 0.25) is 5.02 Å². The van der Waals surface area contributed by atoms with E-state index in [0.29, 0.717) is 18.0 Å². The van der Waals surface area contributed by atoms with Crippen molar-refractivity contribution in [3.05, 3.63) is 53.1 Å². The second-order valence-electron chi connectivity index (χ2n) is 6.72. The van der Waals surface area contributed by atoms with Crippen molar-refractivity contribution in [2.24, 2.45) is 5.73 Å². The van der Waals surface area contributed by atoms with Gasteiger partial charge in [0.05, 0.1) is 35.2 Å². The SMILES string of the molecule is CCOc1ccc(NS(=O)(=O)c2ccc(Cl)c(C(=O)N3CCOC(C(N)=O)C3)c2)cc1. The van der Waals surface area contributed by atoms with Crippen LogP contribution in [-0.4, -0.2) is 57.5 Å². The van der Waals surface area contributed by atoms with Gasteiger partial charge >= 0.3 is 0 Å². The maximum atomic E-state index is 12.9. The summed E-state index contributed by atoms with van der Waals surface area (Å²) in [6.45, 7) is 2.66. The minimum absolute atomic E-state index is 0.00126. The molecule has 3 rings (SSSR count). The van der Waals surface area contributed by atoms with E-state index < -0.39 is 27.9 Å². The number of halogens is 1. The van der Waals surface area contributed by atoms with E-state index in [9.17, 15) is 18.0 Å². The largest absolute Gasteiger partial charge is 0.494 e. The summed E-state index contributed by atoms with van der Waals surface area (Å²) in [6, 6.07) is 10.3. The number of sulfonamides is 1. The molecule has 1 saturated heterocycles. The molecule has 2 amide bonds. The highest BCUT2D eigenvalue weighted by Crippen LogP contribution is 2.25. The first-order valence-electron chi connectivity index (χ1n) is 9.46. The van der Waals surface area contributed by atoms with E-state index in [1.165, 1.54) is 23.1 Å². The zero-order valence-corrected chi connectivity index (χ0v) is 18.3. The average molecular weight is 468 g/mol. The number of ether oxygens (including phenoxy) is 2. The Morgan fingerprint density at radius 1 is 1.26 bits per heavy atom. The first-order chi connectivity index (χ1) is 14.7. The smallest absolute Gasteiger partial charge is 0.261 e. The summed E-state index contributed by atoms with van der Waals surface area (Å²) in [6.07, 6.45) is -0.926. The van der Waals surface area contributed by atoms with Crippen LogP contribution in [0.3, 0.4) is 0 Å². The summed E-state index contributed by atoms with van der Waals surface area (Å²) in [5.74, 6) is -0.582. The van der Waals surface area contributed by atoms with Gasteiger partial charge in [0, 0.05) is 12.2 Å². The minimum atomic E-state index is -3.99. The highest BCUT2D eigenvalue weighted by molar-refractivity contribution is 7.92. The highest BCUT2D eigenvalue weighted by Gasteiger charge is 2.30. The number of nitrogens with zero attached hydrogens (tertiary/aromatic N) is 1. The molecule has 0 aliphatic carbocycles. The molecule has 31 heavy (non-hydrogen) atoms. The lowest BCUT2D eigenvalue weighted by molar-refractivity contribution is -0.133. The molecule has 1 aliphatic heterocycles. The van der Waals surface area contributed by atoms with Crippen LogP contribution in [0.25, 0.3) is 0 Å². The maximum absolute atomic E-state index is 12.9. The molecule has 0 bridgehead atoms. The molecular weight excluding hydrogens is 446 g/mol. The van der Waals surface area contributed by atoms with Crippen LogP contribution >= 0.6 is 11.6 Å². The van der Waals surface area contributed by atoms with Gasteiger partial charge in [0.15, 0.2) is 6.10 Å². The van der Waals surface area contributed by atoms with Gasteiger partial charge in [-0.15, -0.1) is 0 Å². The van der Waals surface area contributed by atoms with Gasteiger partial charge in [0.1, 0.15) is 5.75 Å². The number of anilines is 1. The Morgan fingerprint density at radius 3 is 2.61 bits per heavy atom. The van der Waals surface area contributed by atoms with E-state index >= 15 is 0 Å². The summed E-state index contributed by atoms with van der Waals surface area (Å²) in [5.41, 5.74) is 5.59. The molecule has 1 unspecified atom stereocenters. The molecular formula is C20H22ClN3O6S. The van der Waals surface area contributed by atoms with Crippen molar-refractivity contribution in [1.29, 1.82) is 0 Å². The standard InChI is InChI=1S/C20H22ClN3O6S/c1-2-29-14-5-3-13(4-6-14)23-31(27,28)15-7-8-17(21)16(11-15)20(26)24-9-10-30-18(12-24)19(22)25/h3-8,11,18,23H,2,9-10,12H2,1H3,(H2,22,25). The Morgan fingerprint density at radius 2 is 1.97 bits per heavy atom. The summed E-state index contributed by atoms with van der Waals surface area (Å²) in [5, 5.41) is 0.0899. The number of carbonyl (C=O) groups excluding carboxylic acids is 2. The van der Waals surface area contributed by atoms with E-state index in [-0.39, 0.29) is 35.2 Å². The first kappa shape index (κ1) is 22.9. The highest BCUT2D eigenvalue weighted by atomic mass is 35.5. The van der Waals surface area contributed by atoms with Crippen LogP contribution in [0.4, 0.5) is 5.69 Å². The number of carbonyl (C=O) groups is 2. The van der Waals surface area contributed by atoms with Gasteiger partial charge in [0.25, 0.3) is 15.9 Å². The van der Waals surface area contributed by atoms with Gasteiger partial charge in [-0.3, -0.25) is 14.3 Å². The number of nitrogens with two attached hydrogens (primary N) is 1. The Balaban J connectivity index is 1.82. The van der Waals surface area contributed by atoms with Crippen LogP contribution in [-0.2, 0) is 19.6 Å². The summed E-state index contributed by atoms with van der Waals surface area (Å²) < 4.78 is 38.7. The molecule has 1 atom stereocenters. The average Bonchev–Trinajstić information content (AvgIpc) is 2.75. The number of morpholine rings is 1. The van der Waals surface area contributed by atoms with E-state index in [0.717, 1.165) is 0 Å². The van der Waals surface area contributed by atoms with Gasteiger partial charge in [-0.05, 0) is 49.4 Å². The molecule has 11 heteroatoms. The van der Waals surface area contributed by atoms with Crippen molar-refractivity contribution in [1.82, 2.24) is 4.90 Å². The third kappa shape index (κ3) is 5.46. The van der Waals surface area contributed by atoms with Crippen LogP contribution in [0.5, 0.6) is 5.75 Å². The van der Waals surface area contributed by atoms with Crippen molar-refractivity contribution < 1.29 is 27.5 Å². The monoisotopic (exact) mass is 467 g/mol. The van der Waals surface area contributed by atoms with Gasteiger partial charge < -0.3 is 20.1 Å². The number of hydrogen-bond donors (Lipinski definition) is 2. The molecule has 3 N–H and O–H groups in total. The second kappa shape index (κ2) is 9.54. The molecule has 2 aromatic rings. The quantitative estimate of drug-likeness (QED) is 0.639. The van der Waals surface area contributed by atoms with Crippen LogP contribution in [0, 0.1) is 0 Å². The van der Waals surface area contributed by atoms with Crippen LogP contribution < -0.4 is 15.2 Å². The number of hydrogen-bond acceptors (Lipinski definition) is 6. The van der Waals surface area contributed by atoms with Gasteiger partial charge in [-0.25, -0.2) is 8.42 Å². The van der Waals surface area contributed by atoms with E-state index in [4.69, 9.17) is 26.8 Å². The lowest BCUT2D eigenvalue weighted by Gasteiger charge is -2.31. The van der Waals surface area contributed by atoms with Gasteiger partial charge in [-0.2, -0.15) is 0 Å². The predicted octanol–water partition coefficient (Wildman–Crippen LogP) is 1.87. The van der Waals surface area contributed by atoms with Gasteiger partial charge in [0.2, 0.25) is 5.91 Å². The third-order valence-electron chi connectivity index (χ3n) is 4.57. The molecule has 0 radical (unpaired) electrons. The Hall–Kier alpha value is -2.82. The lowest BCUT2D eigenvalue weighted by Crippen LogP contribution is -2.50. The summed E-state index contributed by atoms with van der Waals surface area (Å²) in [7, 11) is -3.99. The minimum Gasteiger partial charge on any atom is -0.494 e. The molecule has 1 fully saturated rings. The zero-order valence-electron chi connectivity index (χ0n) is 16.7. The zero-order chi connectivity index (χ0) is 22.6. The Labute approximate surface area is 185 Å². The first-order valence-corrected chi connectivity index (χ1v) is 11.3. The number of benzene rings is 2.